The molecule has 2 aromatic rings. The molecule has 10 nitrogen and oxygen atoms in total. The molecule has 2 aliphatic rings. The molecule has 2 atom stereocenters. The van der Waals surface area contributed by atoms with Crippen LogP contribution >= 0.6 is 0 Å². The highest BCUT2D eigenvalue weighted by Crippen LogP contribution is 2.19. The third-order valence-electron chi connectivity index (χ3n) is 5.00. The molecule has 0 radical (unpaired) electrons. The van der Waals surface area contributed by atoms with E-state index < -0.39 is 6.10 Å². The van der Waals surface area contributed by atoms with Gasteiger partial charge in [-0.05, 0) is 0 Å². The first kappa shape index (κ1) is 18.7. The summed E-state index contributed by atoms with van der Waals surface area (Å²) in [6, 6.07) is -0.0540. The van der Waals surface area contributed by atoms with Crippen molar-refractivity contribution in [3.63, 3.8) is 0 Å². The summed E-state index contributed by atoms with van der Waals surface area (Å²) in [5.74, 6) is 0.241. The second kappa shape index (κ2) is 8.55. The third kappa shape index (κ3) is 4.24. The Kier molecular flexibility index (Phi) is 5.70. The molecule has 2 N–H and O–H groups in total. The molecule has 0 unspecified atom stereocenters. The van der Waals surface area contributed by atoms with Crippen LogP contribution in [0.15, 0.2) is 31.0 Å². The molecule has 0 saturated carbocycles. The van der Waals surface area contributed by atoms with Gasteiger partial charge in [0.1, 0.15) is 0 Å². The molecule has 0 bridgehead atoms. The zero-order chi connectivity index (χ0) is 19.3. The van der Waals surface area contributed by atoms with Crippen molar-refractivity contribution in [3.05, 3.63) is 42.2 Å². The number of aromatic nitrogens is 4. The van der Waals surface area contributed by atoms with Gasteiger partial charge in [0, 0.05) is 51.0 Å². The van der Waals surface area contributed by atoms with Gasteiger partial charge in [-0.1, -0.05) is 0 Å². The molecule has 0 aliphatic carbocycles. The van der Waals surface area contributed by atoms with Crippen molar-refractivity contribution in [1.82, 2.24) is 29.7 Å². The number of morpholine rings is 1. The largest absolute Gasteiger partial charge is 0.390 e. The van der Waals surface area contributed by atoms with Gasteiger partial charge in [0.2, 0.25) is 5.95 Å². The summed E-state index contributed by atoms with van der Waals surface area (Å²) < 4.78 is 5.36. The minimum Gasteiger partial charge on any atom is -0.390 e. The molecular formula is C18H23N7O3. The number of ether oxygens (including phenoxy) is 1. The molecule has 10 heteroatoms. The van der Waals surface area contributed by atoms with Crippen LogP contribution < -0.4 is 5.32 Å². The van der Waals surface area contributed by atoms with Crippen molar-refractivity contribution in [2.75, 3.05) is 44.7 Å². The lowest BCUT2D eigenvalue weighted by Crippen LogP contribution is -2.49. The van der Waals surface area contributed by atoms with E-state index in [1.165, 1.54) is 12.4 Å². The topological polar surface area (TPSA) is 117 Å². The predicted octanol–water partition coefficient (Wildman–Crippen LogP) is -0.604. The summed E-state index contributed by atoms with van der Waals surface area (Å²) in [5.41, 5.74) is 1.17. The normalized spacial score (nSPS) is 23.0. The smallest absolute Gasteiger partial charge is 0.257 e. The SMILES string of the molecule is O=C(c1cnc(NCc2cnccn2)nc1)N1C[C@H](O)[C@@H](N2CCOCC2)C1. The zero-order valence-electron chi connectivity index (χ0n) is 15.4. The Morgan fingerprint density at radius 1 is 1.14 bits per heavy atom. The number of rotatable bonds is 5. The maximum Gasteiger partial charge on any atom is 0.257 e. The van der Waals surface area contributed by atoms with Crippen LogP contribution in [-0.4, -0.2) is 92.3 Å². The van der Waals surface area contributed by atoms with E-state index in [4.69, 9.17) is 4.74 Å². The number of nitrogens with zero attached hydrogens (tertiary/aromatic N) is 6. The van der Waals surface area contributed by atoms with E-state index in [2.05, 4.69) is 30.2 Å². The van der Waals surface area contributed by atoms with Gasteiger partial charge in [-0.2, -0.15) is 0 Å². The van der Waals surface area contributed by atoms with Gasteiger partial charge >= 0.3 is 0 Å². The van der Waals surface area contributed by atoms with E-state index in [9.17, 15) is 9.90 Å². The summed E-state index contributed by atoms with van der Waals surface area (Å²) in [6.07, 6.45) is 7.34. The number of aliphatic hydroxyl groups excluding tert-OH is 1. The second-order valence-corrected chi connectivity index (χ2v) is 6.84. The summed E-state index contributed by atoms with van der Waals surface area (Å²) >= 11 is 0. The molecule has 1 amide bonds. The average molecular weight is 385 g/mol. The number of hydrogen-bond acceptors (Lipinski definition) is 9. The Balaban J connectivity index is 1.34. The van der Waals surface area contributed by atoms with Crippen LogP contribution in [0.5, 0.6) is 0 Å². The summed E-state index contributed by atoms with van der Waals surface area (Å²) in [7, 11) is 0. The Morgan fingerprint density at radius 3 is 2.64 bits per heavy atom. The van der Waals surface area contributed by atoms with Gasteiger partial charge in [0.25, 0.3) is 5.91 Å². The Bertz CT molecular complexity index is 784. The molecule has 0 aromatic carbocycles. The lowest BCUT2D eigenvalue weighted by Gasteiger charge is -2.33. The first-order valence-electron chi connectivity index (χ1n) is 9.30. The Labute approximate surface area is 162 Å². The molecule has 4 heterocycles. The average Bonchev–Trinajstić information content (AvgIpc) is 3.15. The van der Waals surface area contributed by atoms with E-state index in [0.29, 0.717) is 44.4 Å². The molecule has 2 aliphatic heterocycles. The summed E-state index contributed by atoms with van der Waals surface area (Å²) in [5, 5.41) is 13.4. The van der Waals surface area contributed by atoms with Crippen molar-refractivity contribution >= 4 is 11.9 Å². The Hall–Kier alpha value is -2.69. The molecule has 2 fully saturated rings. The number of aliphatic hydroxyl groups is 1. The van der Waals surface area contributed by atoms with Gasteiger partial charge in [-0.3, -0.25) is 19.7 Å². The highest BCUT2D eigenvalue weighted by Gasteiger charge is 2.38. The fourth-order valence-corrected chi connectivity index (χ4v) is 3.51. The molecule has 0 spiro atoms. The Morgan fingerprint density at radius 2 is 1.93 bits per heavy atom. The molecule has 28 heavy (non-hydrogen) atoms. The number of amides is 1. The van der Waals surface area contributed by atoms with E-state index in [0.717, 1.165) is 18.8 Å². The summed E-state index contributed by atoms with van der Waals surface area (Å²) in [4.78, 5) is 33.2. The highest BCUT2D eigenvalue weighted by atomic mass is 16.5. The van der Waals surface area contributed by atoms with Crippen LogP contribution in [0.3, 0.4) is 0 Å². The number of hydrogen-bond donors (Lipinski definition) is 2. The van der Waals surface area contributed by atoms with E-state index >= 15 is 0 Å². The van der Waals surface area contributed by atoms with E-state index in [1.807, 2.05) is 0 Å². The quantitative estimate of drug-likeness (QED) is 0.695. The van der Waals surface area contributed by atoms with E-state index in [1.54, 1.807) is 23.5 Å². The van der Waals surface area contributed by atoms with Gasteiger partial charge in [-0.15, -0.1) is 0 Å². The number of likely N-dealkylation sites (tertiary alicyclic amines) is 1. The lowest BCUT2D eigenvalue weighted by atomic mass is 10.1. The number of carbonyl (C=O) groups is 1. The van der Waals surface area contributed by atoms with Gasteiger partial charge in [-0.25, -0.2) is 9.97 Å². The van der Waals surface area contributed by atoms with Gasteiger partial charge < -0.3 is 20.1 Å². The fourth-order valence-electron chi connectivity index (χ4n) is 3.51. The minimum atomic E-state index is -0.559. The number of nitrogens with one attached hydrogen (secondary N) is 1. The first-order valence-corrected chi connectivity index (χ1v) is 9.30. The van der Waals surface area contributed by atoms with Crippen molar-refractivity contribution in [2.45, 2.75) is 18.7 Å². The van der Waals surface area contributed by atoms with Gasteiger partial charge in [0.05, 0.1) is 49.4 Å². The maximum absolute atomic E-state index is 12.8. The molecule has 148 valence electrons. The zero-order valence-corrected chi connectivity index (χ0v) is 15.4. The molecule has 2 aromatic heterocycles. The standard InChI is InChI=1S/C18H23N7O3/c26-16-12-25(11-15(16)24-3-5-28-6-4-24)17(27)13-7-21-18(22-8-13)23-10-14-9-19-1-2-20-14/h1-2,7-9,15-16,26H,3-6,10-12H2,(H,21,22,23)/t15-,16-/m0/s1. The van der Waals surface area contributed by atoms with Gasteiger partial charge in [0.15, 0.2) is 0 Å². The molecule has 2 saturated heterocycles. The van der Waals surface area contributed by atoms with Crippen LogP contribution in [0.25, 0.3) is 0 Å². The van der Waals surface area contributed by atoms with Crippen LogP contribution in [0.2, 0.25) is 0 Å². The van der Waals surface area contributed by atoms with Crippen LogP contribution in [0, 0.1) is 0 Å². The third-order valence-corrected chi connectivity index (χ3v) is 5.00. The van der Waals surface area contributed by atoms with Crippen molar-refractivity contribution < 1.29 is 14.6 Å². The number of carbonyl (C=O) groups excluding carboxylic acids is 1. The monoisotopic (exact) mass is 385 g/mol. The van der Waals surface area contributed by atoms with E-state index in [-0.39, 0.29) is 11.9 Å². The maximum atomic E-state index is 12.8. The number of anilines is 1. The predicted molar refractivity (Wildman–Crippen MR) is 99.5 cm³/mol. The molecule has 4 rings (SSSR count). The second-order valence-electron chi connectivity index (χ2n) is 6.84. The summed E-state index contributed by atoms with van der Waals surface area (Å²) in [6.45, 7) is 4.13. The lowest BCUT2D eigenvalue weighted by molar-refractivity contribution is -0.00611. The first-order chi connectivity index (χ1) is 13.7. The minimum absolute atomic E-state index is 0.0540. The van der Waals surface area contributed by atoms with Crippen molar-refractivity contribution in [2.24, 2.45) is 0 Å². The van der Waals surface area contributed by atoms with Crippen LogP contribution in [-0.2, 0) is 11.3 Å². The molecular weight excluding hydrogens is 362 g/mol. The van der Waals surface area contributed by atoms with Crippen molar-refractivity contribution in [1.29, 1.82) is 0 Å². The van der Waals surface area contributed by atoms with Crippen molar-refractivity contribution in [3.8, 4) is 0 Å². The fraction of sp³-hybridized carbons (Fsp3) is 0.500. The van der Waals surface area contributed by atoms with Crippen LogP contribution in [0.4, 0.5) is 5.95 Å². The van der Waals surface area contributed by atoms with Crippen LogP contribution in [0.1, 0.15) is 16.1 Å². The number of β-amino-alcohol motifs (C(OH)–C–C–N with tert-alkyl or cyclic N) is 1. The highest BCUT2D eigenvalue weighted by molar-refractivity contribution is 5.94.